The molecule has 0 bridgehead atoms. The number of carbonyl (C=O) groups is 1. The summed E-state index contributed by atoms with van der Waals surface area (Å²) in [7, 11) is 0. The summed E-state index contributed by atoms with van der Waals surface area (Å²) < 4.78 is 14.4. The number of nitrogens with zero attached hydrogens (tertiary/aromatic N) is 2. The van der Waals surface area contributed by atoms with Crippen molar-refractivity contribution in [3.05, 3.63) is 70.2 Å². The molecule has 0 aliphatic carbocycles. The van der Waals surface area contributed by atoms with Gasteiger partial charge in [0.25, 0.3) is 5.91 Å². The third kappa shape index (κ3) is 5.03. The zero-order valence-electron chi connectivity index (χ0n) is 18.6. The molecule has 0 spiro atoms. The van der Waals surface area contributed by atoms with Crippen LogP contribution in [-0.2, 0) is 16.1 Å². The van der Waals surface area contributed by atoms with Crippen molar-refractivity contribution in [2.24, 2.45) is 0 Å². The van der Waals surface area contributed by atoms with E-state index in [1.54, 1.807) is 4.90 Å². The lowest BCUT2D eigenvalue weighted by molar-refractivity contribution is -0.123. The minimum Gasteiger partial charge on any atom is -0.492 e. The molecule has 34 heavy (non-hydrogen) atoms. The average molecular weight is 513 g/mol. The predicted octanol–water partition coefficient (Wildman–Crippen LogP) is 6.14. The van der Waals surface area contributed by atoms with Gasteiger partial charge in [0.2, 0.25) is 0 Å². The van der Waals surface area contributed by atoms with Gasteiger partial charge < -0.3 is 14.0 Å². The summed E-state index contributed by atoms with van der Waals surface area (Å²) >= 11 is 13.1. The van der Waals surface area contributed by atoms with Crippen LogP contribution in [0.5, 0.6) is 5.75 Å². The third-order valence-electron chi connectivity index (χ3n) is 6.03. The standard InChI is InChI=1S/C26H25ClN2O3S2/c27-21-9-2-4-11-23(21)32-14-6-12-28-16-18(20-8-1-3-10-22(20)28)15-24-25(30)29(26(33)34-24)17-19-7-5-13-31-19/h1-4,8-11,15-16,19H,5-7,12-14,17H2/b24-15-/t19-/m1/s1. The first-order valence-corrected chi connectivity index (χ1v) is 13.0. The van der Waals surface area contributed by atoms with Gasteiger partial charge in [-0.05, 0) is 43.5 Å². The number of benzene rings is 2. The number of aromatic nitrogens is 1. The number of ether oxygens (including phenoxy) is 2. The Bertz CT molecular complexity index is 1250. The molecule has 1 aromatic heterocycles. The number of aryl methyl sites for hydroxylation is 1. The molecule has 2 aliphatic rings. The van der Waals surface area contributed by atoms with Gasteiger partial charge in [0.05, 0.1) is 29.2 Å². The minimum absolute atomic E-state index is 0.0320. The Balaban J connectivity index is 1.30. The van der Waals surface area contributed by atoms with Gasteiger partial charge in [-0.25, -0.2) is 0 Å². The van der Waals surface area contributed by atoms with Crippen LogP contribution < -0.4 is 4.74 Å². The van der Waals surface area contributed by atoms with Gasteiger partial charge >= 0.3 is 0 Å². The molecule has 2 fully saturated rings. The quantitative estimate of drug-likeness (QED) is 0.206. The molecule has 5 nitrogen and oxygen atoms in total. The Hall–Kier alpha value is -2.32. The summed E-state index contributed by atoms with van der Waals surface area (Å²) in [4.78, 5) is 15.4. The van der Waals surface area contributed by atoms with Crippen molar-refractivity contribution in [1.82, 2.24) is 9.47 Å². The molecular formula is C26H25ClN2O3S2. The normalized spacial score (nSPS) is 19.6. The van der Waals surface area contributed by atoms with Crippen molar-refractivity contribution in [3.8, 4) is 5.75 Å². The van der Waals surface area contributed by atoms with Crippen LogP contribution in [0.1, 0.15) is 24.8 Å². The molecule has 2 saturated heterocycles. The Morgan fingerprint density at radius 2 is 2.03 bits per heavy atom. The van der Waals surface area contributed by atoms with E-state index in [1.165, 1.54) is 11.8 Å². The van der Waals surface area contributed by atoms with E-state index in [9.17, 15) is 4.79 Å². The largest absolute Gasteiger partial charge is 0.492 e. The maximum atomic E-state index is 13.1. The number of thiocarbonyl (C=S) groups is 1. The lowest BCUT2D eigenvalue weighted by atomic mass is 10.1. The minimum atomic E-state index is -0.0320. The van der Waals surface area contributed by atoms with Crippen LogP contribution in [0, 0.1) is 0 Å². The summed E-state index contributed by atoms with van der Waals surface area (Å²) in [5.41, 5.74) is 2.14. The van der Waals surface area contributed by atoms with Gasteiger partial charge in [0.15, 0.2) is 0 Å². The Morgan fingerprint density at radius 1 is 1.21 bits per heavy atom. The predicted molar refractivity (Wildman–Crippen MR) is 142 cm³/mol. The van der Waals surface area contributed by atoms with Crippen molar-refractivity contribution >= 4 is 62.8 Å². The van der Waals surface area contributed by atoms with Gasteiger partial charge in [-0.1, -0.05) is 65.9 Å². The lowest BCUT2D eigenvalue weighted by Gasteiger charge is -2.18. The number of para-hydroxylation sites is 2. The van der Waals surface area contributed by atoms with E-state index in [1.807, 2.05) is 42.5 Å². The Kier molecular flexibility index (Phi) is 7.25. The summed E-state index contributed by atoms with van der Waals surface area (Å²) in [6.45, 7) is 2.65. The number of hydrogen-bond donors (Lipinski definition) is 0. The van der Waals surface area contributed by atoms with Crippen LogP contribution in [0.4, 0.5) is 0 Å². The molecule has 3 heterocycles. The fourth-order valence-electron chi connectivity index (χ4n) is 4.34. The SMILES string of the molecule is O=C1/C(=C/c2cn(CCCOc3ccccc3Cl)c3ccccc23)SC(=S)N1C[C@H]1CCCO1. The van der Waals surface area contributed by atoms with E-state index in [2.05, 4.69) is 22.9 Å². The van der Waals surface area contributed by atoms with E-state index in [0.29, 0.717) is 33.1 Å². The highest BCUT2D eigenvalue weighted by atomic mass is 35.5. The van der Waals surface area contributed by atoms with Gasteiger partial charge in [-0.2, -0.15) is 0 Å². The first-order chi connectivity index (χ1) is 16.6. The number of carbonyl (C=O) groups excluding carboxylic acids is 1. The number of halogens is 1. The van der Waals surface area contributed by atoms with E-state index in [-0.39, 0.29) is 12.0 Å². The molecular weight excluding hydrogens is 488 g/mol. The molecule has 176 valence electrons. The number of amides is 1. The van der Waals surface area contributed by atoms with Crippen LogP contribution in [-0.4, -0.2) is 45.6 Å². The molecule has 2 aliphatic heterocycles. The maximum Gasteiger partial charge on any atom is 0.266 e. The topological polar surface area (TPSA) is 43.7 Å². The summed E-state index contributed by atoms with van der Waals surface area (Å²) in [5.74, 6) is 0.669. The molecule has 0 unspecified atom stereocenters. The number of thioether (sulfide) groups is 1. The van der Waals surface area contributed by atoms with E-state index in [0.717, 1.165) is 48.9 Å². The first-order valence-electron chi connectivity index (χ1n) is 11.4. The molecule has 0 saturated carbocycles. The third-order valence-corrected chi connectivity index (χ3v) is 7.72. The smallest absolute Gasteiger partial charge is 0.266 e. The molecule has 1 atom stereocenters. The number of hydrogen-bond acceptors (Lipinski definition) is 5. The molecule has 0 radical (unpaired) electrons. The summed E-state index contributed by atoms with van der Waals surface area (Å²) in [5, 5.41) is 1.73. The van der Waals surface area contributed by atoms with Crippen LogP contribution >= 0.6 is 35.6 Å². The highest BCUT2D eigenvalue weighted by molar-refractivity contribution is 8.26. The van der Waals surface area contributed by atoms with E-state index < -0.39 is 0 Å². The molecule has 0 N–H and O–H groups in total. The van der Waals surface area contributed by atoms with Gasteiger partial charge in [0.1, 0.15) is 10.1 Å². The second-order valence-electron chi connectivity index (χ2n) is 8.35. The van der Waals surface area contributed by atoms with Gasteiger partial charge in [-0.15, -0.1) is 0 Å². The monoisotopic (exact) mass is 512 g/mol. The van der Waals surface area contributed by atoms with Crippen molar-refractivity contribution in [3.63, 3.8) is 0 Å². The van der Waals surface area contributed by atoms with Crippen molar-refractivity contribution in [2.75, 3.05) is 19.8 Å². The molecule has 2 aromatic carbocycles. The Morgan fingerprint density at radius 3 is 2.85 bits per heavy atom. The molecule has 5 rings (SSSR count). The first kappa shape index (κ1) is 23.4. The summed E-state index contributed by atoms with van der Waals surface area (Å²) in [6, 6.07) is 15.7. The van der Waals surface area contributed by atoms with E-state index in [4.69, 9.17) is 33.3 Å². The van der Waals surface area contributed by atoms with Crippen LogP contribution in [0.2, 0.25) is 5.02 Å². The second-order valence-corrected chi connectivity index (χ2v) is 10.4. The van der Waals surface area contributed by atoms with Crippen molar-refractivity contribution in [2.45, 2.75) is 31.9 Å². The van der Waals surface area contributed by atoms with Gasteiger partial charge in [0, 0.05) is 35.8 Å². The maximum absolute atomic E-state index is 13.1. The highest BCUT2D eigenvalue weighted by Crippen LogP contribution is 2.35. The van der Waals surface area contributed by atoms with Gasteiger partial charge in [-0.3, -0.25) is 9.69 Å². The average Bonchev–Trinajstić information content (AvgIpc) is 3.54. The Labute approximate surface area is 213 Å². The second kappa shape index (κ2) is 10.5. The van der Waals surface area contributed by atoms with Crippen LogP contribution in [0.15, 0.2) is 59.6 Å². The van der Waals surface area contributed by atoms with Crippen molar-refractivity contribution < 1.29 is 14.3 Å². The van der Waals surface area contributed by atoms with Crippen molar-refractivity contribution in [1.29, 1.82) is 0 Å². The zero-order valence-corrected chi connectivity index (χ0v) is 21.0. The molecule has 8 heteroatoms. The number of fused-ring (bicyclic) bond motifs is 1. The van der Waals surface area contributed by atoms with Crippen LogP contribution in [0.3, 0.4) is 0 Å². The zero-order chi connectivity index (χ0) is 23.5. The highest BCUT2D eigenvalue weighted by Gasteiger charge is 2.34. The lowest BCUT2D eigenvalue weighted by Crippen LogP contribution is -2.35. The van der Waals surface area contributed by atoms with E-state index >= 15 is 0 Å². The van der Waals surface area contributed by atoms with Crippen LogP contribution in [0.25, 0.3) is 17.0 Å². The molecule has 3 aromatic rings. The summed E-state index contributed by atoms with van der Waals surface area (Å²) in [6.07, 6.45) is 6.99. The fraction of sp³-hybridized carbons (Fsp3) is 0.308. The number of rotatable bonds is 8. The fourth-order valence-corrected chi connectivity index (χ4v) is 5.80. The molecule has 1 amide bonds.